The average Bonchev–Trinajstić information content (AvgIpc) is 2.81. The largest absolute Gasteiger partial charge is 0.490 e. The second-order valence-electron chi connectivity index (χ2n) is 7.15. The Labute approximate surface area is 148 Å². The van der Waals surface area contributed by atoms with Gasteiger partial charge in [-0.25, -0.2) is 9.78 Å². The smallest absolute Gasteiger partial charge is 0.444 e. The summed E-state index contributed by atoms with van der Waals surface area (Å²) in [5, 5.41) is 19.2. The van der Waals surface area contributed by atoms with Crippen molar-refractivity contribution in [2.24, 2.45) is 0 Å². The van der Waals surface area contributed by atoms with Gasteiger partial charge in [0.15, 0.2) is 0 Å². The number of aromatic nitrogens is 2. The Hall–Kier alpha value is -2.06. The Morgan fingerprint density at radius 3 is 2.64 bits per heavy atom. The fraction of sp³-hybridized carbons (Fsp3) is 0.529. The monoisotopic (exact) mass is 347 g/mol. The molecule has 0 saturated heterocycles. The van der Waals surface area contributed by atoms with Crippen LogP contribution in [0.2, 0.25) is 0 Å². The van der Waals surface area contributed by atoms with Crippen LogP contribution in [-0.2, 0) is 11.3 Å². The maximum atomic E-state index is 12.0. The number of hydrogen-bond donors (Lipinski definition) is 2. The van der Waals surface area contributed by atoms with Gasteiger partial charge >= 0.3 is 13.2 Å². The van der Waals surface area contributed by atoms with E-state index in [1.807, 2.05) is 38.3 Å². The summed E-state index contributed by atoms with van der Waals surface area (Å²) in [5.41, 5.74) is 1.35. The van der Waals surface area contributed by atoms with E-state index in [0.717, 1.165) is 16.9 Å². The maximum absolute atomic E-state index is 12.0. The lowest BCUT2D eigenvalue weighted by atomic mass is 9.79. The van der Waals surface area contributed by atoms with Crippen LogP contribution in [0, 0.1) is 6.92 Å². The lowest BCUT2D eigenvalue weighted by molar-refractivity contribution is 0.0295. The number of carbonyl (C=O) groups is 1. The molecule has 136 valence electrons. The normalized spacial score (nSPS) is 11.6. The number of amides is 1. The van der Waals surface area contributed by atoms with Crippen molar-refractivity contribution in [3.05, 3.63) is 24.0 Å². The molecule has 0 radical (unpaired) electrons. The number of imidazole rings is 1. The molecule has 0 aliphatic rings. The molecule has 1 aromatic heterocycles. The lowest BCUT2D eigenvalue weighted by Crippen LogP contribution is -2.35. The standard InChI is InChI=1S/C17H26BN3O4/c1-12-19-14-9-6-8-13(18(23)24)15(14)21(12)11-7-10-20(5)16(22)25-17(2,3)4/h6,8-9,23-24H,7,10-11H2,1-5H3. The Morgan fingerprint density at radius 1 is 1.36 bits per heavy atom. The quantitative estimate of drug-likeness (QED) is 0.796. The summed E-state index contributed by atoms with van der Waals surface area (Å²) < 4.78 is 7.28. The molecule has 0 spiro atoms. The van der Waals surface area contributed by atoms with Gasteiger partial charge in [0.1, 0.15) is 11.4 Å². The fourth-order valence-electron chi connectivity index (χ4n) is 2.71. The van der Waals surface area contributed by atoms with Gasteiger partial charge < -0.3 is 24.3 Å². The minimum atomic E-state index is -1.55. The lowest BCUT2D eigenvalue weighted by Gasteiger charge is -2.24. The Kier molecular flexibility index (Phi) is 5.74. The van der Waals surface area contributed by atoms with E-state index in [4.69, 9.17) is 4.74 Å². The van der Waals surface area contributed by atoms with E-state index in [2.05, 4.69) is 4.98 Å². The summed E-state index contributed by atoms with van der Waals surface area (Å²) in [6.45, 7) is 8.52. The summed E-state index contributed by atoms with van der Waals surface area (Å²) in [6.07, 6.45) is 0.337. The molecule has 1 aromatic carbocycles. The summed E-state index contributed by atoms with van der Waals surface area (Å²) in [6, 6.07) is 5.28. The summed E-state index contributed by atoms with van der Waals surface area (Å²) in [5.74, 6) is 0.794. The number of fused-ring (bicyclic) bond motifs is 1. The molecule has 0 bridgehead atoms. The van der Waals surface area contributed by atoms with E-state index in [1.54, 1.807) is 24.1 Å². The summed E-state index contributed by atoms with van der Waals surface area (Å²) in [7, 11) is 0.151. The van der Waals surface area contributed by atoms with Crippen molar-refractivity contribution >= 4 is 29.7 Å². The third-order valence-corrected chi connectivity index (χ3v) is 3.85. The third-order valence-electron chi connectivity index (χ3n) is 3.85. The van der Waals surface area contributed by atoms with Gasteiger partial charge in [-0.2, -0.15) is 0 Å². The van der Waals surface area contributed by atoms with Crippen LogP contribution >= 0.6 is 0 Å². The molecule has 2 N–H and O–H groups in total. The molecule has 0 aliphatic carbocycles. The van der Waals surface area contributed by atoms with Crippen LogP contribution in [0.15, 0.2) is 18.2 Å². The molecule has 0 atom stereocenters. The maximum Gasteiger partial charge on any atom is 0.490 e. The second kappa shape index (κ2) is 7.45. The van der Waals surface area contributed by atoms with Gasteiger partial charge in [0, 0.05) is 25.6 Å². The van der Waals surface area contributed by atoms with Gasteiger partial charge in [0.25, 0.3) is 0 Å². The van der Waals surface area contributed by atoms with Crippen LogP contribution in [0.3, 0.4) is 0 Å². The summed E-state index contributed by atoms with van der Waals surface area (Å²) in [4.78, 5) is 18.0. The molecular weight excluding hydrogens is 321 g/mol. The van der Waals surface area contributed by atoms with Gasteiger partial charge in [-0.15, -0.1) is 0 Å². The molecule has 8 heteroatoms. The molecule has 0 saturated carbocycles. The molecule has 1 amide bonds. The van der Waals surface area contributed by atoms with Crippen molar-refractivity contribution in [1.82, 2.24) is 14.5 Å². The van der Waals surface area contributed by atoms with E-state index in [1.165, 1.54) is 0 Å². The highest BCUT2D eigenvalue weighted by molar-refractivity contribution is 6.61. The Balaban J connectivity index is 2.09. The fourth-order valence-corrected chi connectivity index (χ4v) is 2.71. The first kappa shape index (κ1) is 19.3. The van der Waals surface area contributed by atoms with Crippen LogP contribution in [0.25, 0.3) is 11.0 Å². The number of rotatable bonds is 5. The minimum absolute atomic E-state index is 0.355. The van der Waals surface area contributed by atoms with Gasteiger partial charge in [-0.05, 0) is 40.2 Å². The first-order valence-electron chi connectivity index (χ1n) is 8.36. The van der Waals surface area contributed by atoms with Crippen LogP contribution in [0.5, 0.6) is 0 Å². The molecule has 0 aliphatic heterocycles. The van der Waals surface area contributed by atoms with Gasteiger partial charge in [0.2, 0.25) is 0 Å². The van der Waals surface area contributed by atoms with Crippen molar-refractivity contribution in [3.63, 3.8) is 0 Å². The first-order chi connectivity index (χ1) is 11.6. The van der Waals surface area contributed by atoms with Gasteiger partial charge in [-0.3, -0.25) is 0 Å². The predicted molar refractivity (Wildman–Crippen MR) is 97.8 cm³/mol. The topological polar surface area (TPSA) is 87.8 Å². The Bertz CT molecular complexity index is 752. The van der Waals surface area contributed by atoms with Gasteiger partial charge in [-0.1, -0.05) is 12.1 Å². The van der Waals surface area contributed by atoms with Crippen LogP contribution < -0.4 is 5.46 Å². The van der Waals surface area contributed by atoms with Crippen molar-refractivity contribution in [2.45, 2.75) is 46.3 Å². The highest BCUT2D eigenvalue weighted by Gasteiger charge is 2.21. The number of benzene rings is 1. The number of ether oxygens (including phenoxy) is 1. The van der Waals surface area contributed by atoms with Crippen molar-refractivity contribution in [2.75, 3.05) is 13.6 Å². The minimum Gasteiger partial charge on any atom is -0.444 e. The highest BCUT2D eigenvalue weighted by Crippen LogP contribution is 2.15. The molecule has 2 aromatic rings. The first-order valence-corrected chi connectivity index (χ1v) is 8.36. The molecule has 0 fully saturated rings. The molecule has 2 rings (SSSR count). The van der Waals surface area contributed by atoms with E-state index in [0.29, 0.717) is 25.0 Å². The van der Waals surface area contributed by atoms with E-state index >= 15 is 0 Å². The van der Waals surface area contributed by atoms with Crippen molar-refractivity contribution < 1.29 is 19.6 Å². The molecule has 0 unspecified atom stereocenters. The molecule has 25 heavy (non-hydrogen) atoms. The summed E-state index contributed by atoms with van der Waals surface area (Å²) >= 11 is 0. The number of carbonyl (C=O) groups excluding carboxylic acids is 1. The zero-order valence-corrected chi connectivity index (χ0v) is 15.5. The molecular formula is C17H26BN3O4. The van der Waals surface area contributed by atoms with Crippen LogP contribution in [-0.4, -0.2) is 56.9 Å². The van der Waals surface area contributed by atoms with E-state index in [-0.39, 0.29) is 6.09 Å². The molecule has 7 nitrogen and oxygen atoms in total. The SMILES string of the molecule is Cc1nc2cccc(B(O)O)c2n1CCCN(C)C(=O)OC(C)(C)C. The van der Waals surface area contributed by atoms with E-state index in [9.17, 15) is 14.8 Å². The number of nitrogens with zero attached hydrogens (tertiary/aromatic N) is 3. The Morgan fingerprint density at radius 2 is 2.04 bits per heavy atom. The number of aryl methyl sites for hydroxylation is 2. The zero-order valence-electron chi connectivity index (χ0n) is 15.5. The van der Waals surface area contributed by atoms with Gasteiger partial charge in [0.05, 0.1) is 11.0 Å². The van der Waals surface area contributed by atoms with E-state index < -0.39 is 12.7 Å². The van der Waals surface area contributed by atoms with Crippen molar-refractivity contribution in [3.8, 4) is 0 Å². The number of para-hydroxylation sites is 1. The van der Waals surface area contributed by atoms with Crippen molar-refractivity contribution in [1.29, 1.82) is 0 Å². The second-order valence-corrected chi connectivity index (χ2v) is 7.15. The third kappa shape index (κ3) is 4.73. The number of hydrogen-bond acceptors (Lipinski definition) is 5. The van der Waals surface area contributed by atoms with Crippen LogP contribution in [0.1, 0.15) is 33.0 Å². The highest BCUT2D eigenvalue weighted by atomic mass is 16.6. The zero-order chi connectivity index (χ0) is 18.8. The predicted octanol–water partition coefficient (Wildman–Crippen LogP) is 1.28. The molecule has 1 heterocycles. The van der Waals surface area contributed by atoms with Crippen LogP contribution in [0.4, 0.5) is 4.79 Å². The average molecular weight is 347 g/mol.